The van der Waals surface area contributed by atoms with Gasteiger partial charge in [0.25, 0.3) is 0 Å². The van der Waals surface area contributed by atoms with Gasteiger partial charge in [0.15, 0.2) is 0 Å². The molecule has 0 aromatic heterocycles. The number of hydrogen-bond donors (Lipinski definition) is 1. The molecular formula is C8H14N2O2. The van der Waals surface area contributed by atoms with Crippen LogP contribution in [0.5, 0.6) is 0 Å². The Bertz CT molecular complexity index is 189. The predicted octanol–water partition coefficient (Wildman–Crippen LogP) is -0.104. The minimum absolute atomic E-state index is 0.292. The molecule has 4 heteroatoms. The zero-order chi connectivity index (χ0) is 9.56. The number of primary amides is 1. The fourth-order valence-electron chi connectivity index (χ4n) is 0.783. The van der Waals surface area contributed by atoms with Crippen molar-refractivity contribution >= 4 is 11.8 Å². The van der Waals surface area contributed by atoms with Crippen LogP contribution in [0, 0.1) is 0 Å². The fraction of sp³-hybridized carbons (Fsp3) is 0.500. The van der Waals surface area contributed by atoms with E-state index in [4.69, 9.17) is 0 Å². The van der Waals surface area contributed by atoms with E-state index in [1.54, 1.807) is 4.90 Å². The lowest BCUT2D eigenvalue weighted by molar-refractivity contribution is -0.126. The molecular weight excluding hydrogens is 156 g/mol. The normalized spacial score (nSPS) is 15.1. The molecule has 12 heavy (non-hydrogen) atoms. The summed E-state index contributed by atoms with van der Waals surface area (Å²) in [5, 5.41) is 0. The number of rotatable bonds is 1. The first kappa shape index (κ1) is 10.7. The van der Waals surface area contributed by atoms with Gasteiger partial charge in [0, 0.05) is 20.0 Å². The number of amides is 2. The van der Waals surface area contributed by atoms with Crippen molar-refractivity contribution in [3.63, 3.8) is 0 Å². The third kappa shape index (κ3) is 4.49. The maximum atomic E-state index is 10.5. The van der Waals surface area contributed by atoms with Crippen LogP contribution in [0.4, 0.5) is 0 Å². The first-order chi connectivity index (χ1) is 5.57. The molecule has 0 bridgehead atoms. The second kappa shape index (κ2) is 5.35. The highest BCUT2D eigenvalue weighted by Crippen LogP contribution is 2.04. The number of likely N-dealkylation sites (tertiary alicyclic amines) is 1. The Morgan fingerprint density at radius 3 is 2.33 bits per heavy atom. The molecule has 0 aromatic carbocycles. The lowest BCUT2D eigenvalue weighted by Gasteiger charge is -2.03. The standard InChI is InChI=1S/C5H9NO.C3H5NO/c1-6-4-2-3-5(6)7;1-2-3(4)5/h2-4H2,1H3;2H,1H2,(H2,4,5). The molecule has 0 aliphatic carbocycles. The maximum absolute atomic E-state index is 10.5. The monoisotopic (exact) mass is 170 g/mol. The van der Waals surface area contributed by atoms with Crippen molar-refractivity contribution in [2.45, 2.75) is 12.8 Å². The number of nitrogens with two attached hydrogens (primary N) is 1. The molecule has 0 radical (unpaired) electrons. The van der Waals surface area contributed by atoms with Crippen molar-refractivity contribution in [2.75, 3.05) is 13.6 Å². The summed E-state index contributed by atoms with van der Waals surface area (Å²) in [5.41, 5.74) is 4.53. The van der Waals surface area contributed by atoms with E-state index in [0.717, 1.165) is 25.5 Å². The number of carbonyl (C=O) groups is 2. The summed E-state index contributed by atoms with van der Waals surface area (Å²) < 4.78 is 0. The van der Waals surface area contributed by atoms with Crippen LogP contribution in [-0.2, 0) is 9.59 Å². The van der Waals surface area contributed by atoms with Crippen molar-refractivity contribution in [2.24, 2.45) is 5.73 Å². The van der Waals surface area contributed by atoms with Gasteiger partial charge in [0.05, 0.1) is 0 Å². The lowest BCUT2D eigenvalue weighted by atomic mass is 10.4. The van der Waals surface area contributed by atoms with Crippen LogP contribution >= 0.6 is 0 Å². The Labute approximate surface area is 72.0 Å². The van der Waals surface area contributed by atoms with E-state index in [2.05, 4.69) is 12.3 Å². The van der Waals surface area contributed by atoms with E-state index in [9.17, 15) is 9.59 Å². The quantitative estimate of drug-likeness (QED) is 0.558. The summed E-state index contributed by atoms with van der Waals surface area (Å²) >= 11 is 0. The van der Waals surface area contributed by atoms with E-state index in [1.807, 2.05) is 7.05 Å². The molecule has 0 unspecified atom stereocenters. The zero-order valence-corrected chi connectivity index (χ0v) is 7.25. The predicted molar refractivity (Wildman–Crippen MR) is 46.3 cm³/mol. The van der Waals surface area contributed by atoms with Crippen LogP contribution in [0.15, 0.2) is 12.7 Å². The summed E-state index contributed by atoms with van der Waals surface area (Å²) in [7, 11) is 1.84. The molecule has 2 N–H and O–H groups in total. The molecule has 0 saturated carbocycles. The lowest BCUT2D eigenvalue weighted by Crippen LogP contribution is -2.17. The molecule has 1 fully saturated rings. The Hall–Kier alpha value is -1.32. The third-order valence-electron chi connectivity index (χ3n) is 1.51. The van der Waals surface area contributed by atoms with E-state index in [0.29, 0.717) is 5.91 Å². The summed E-state index contributed by atoms with van der Waals surface area (Å²) in [4.78, 5) is 21.7. The Morgan fingerprint density at radius 2 is 2.25 bits per heavy atom. The molecule has 68 valence electrons. The Morgan fingerprint density at radius 1 is 1.75 bits per heavy atom. The first-order valence-corrected chi connectivity index (χ1v) is 3.73. The van der Waals surface area contributed by atoms with E-state index in [1.165, 1.54) is 0 Å². The maximum Gasteiger partial charge on any atom is 0.240 e. The van der Waals surface area contributed by atoms with Crippen LogP contribution in [-0.4, -0.2) is 30.3 Å². The average Bonchev–Trinajstić information content (AvgIpc) is 2.37. The van der Waals surface area contributed by atoms with Gasteiger partial charge in [-0.25, -0.2) is 0 Å². The van der Waals surface area contributed by atoms with Crippen LogP contribution in [0.3, 0.4) is 0 Å². The Balaban J connectivity index is 0.000000217. The number of carbonyl (C=O) groups excluding carboxylic acids is 2. The topological polar surface area (TPSA) is 63.4 Å². The van der Waals surface area contributed by atoms with E-state index in [-0.39, 0.29) is 0 Å². The van der Waals surface area contributed by atoms with E-state index >= 15 is 0 Å². The average molecular weight is 170 g/mol. The van der Waals surface area contributed by atoms with Gasteiger partial charge >= 0.3 is 0 Å². The molecule has 0 spiro atoms. The molecule has 0 aromatic rings. The van der Waals surface area contributed by atoms with Gasteiger partial charge in [0.1, 0.15) is 0 Å². The SMILES string of the molecule is C=CC(N)=O.CN1CCCC1=O. The molecule has 1 heterocycles. The van der Waals surface area contributed by atoms with Crippen molar-refractivity contribution in [3.8, 4) is 0 Å². The molecule has 2 amide bonds. The summed E-state index contributed by atoms with van der Waals surface area (Å²) in [6, 6.07) is 0. The molecule has 0 atom stereocenters. The van der Waals surface area contributed by atoms with Crippen molar-refractivity contribution < 1.29 is 9.59 Å². The van der Waals surface area contributed by atoms with Crippen LogP contribution in [0.2, 0.25) is 0 Å². The third-order valence-corrected chi connectivity index (χ3v) is 1.51. The molecule has 1 rings (SSSR count). The van der Waals surface area contributed by atoms with Gasteiger partial charge in [-0.05, 0) is 12.5 Å². The minimum Gasteiger partial charge on any atom is -0.366 e. The van der Waals surface area contributed by atoms with Gasteiger partial charge in [-0.1, -0.05) is 6.58 Å². The minimum atomic E-state index is -0.481. The van der Waals surface area contributed by atoms with Crippen LogP contribution in [0.1, 0.15) is 12.8 Å². The van der Waals surface area contributed by atoms with Crippen molar-refractivity contribution in [1.82, 2.24) is 4.90 Å². The van der Waals surface area contributed by atoms with Gasteiger partial charge in [-0.3, -0.25) is 9.59 Å². The zero-order valence-electron chi connectivity index (χ0n) is 7.25. The molecule has 4 nitrogen and oxygen atoms in total. The molecule has 1 aliphatic heterocycles. The Kier molecular flexibility index (Phi) is 4.76. The smallest absolute Gasteiger partial charge is 0.240 e. The highest BCUT2D eigenvalue weighted by Gasteiger charge is 2.14. The van der Waals surface area contributed by atoms with Crippen LogP contribution in [0.25, 0.3) is 0 Å². The van der Waals surface area contributed by atoms with Gasteiger partial charge in [-0.15, -0.1) is 0 Å². The highest BCUT2D eigenvalue weighted by atomic mass is 16.2. The molecule has 1 saturated heterocycles. The summed E-state index contributed by atoms with van der Waals surface area (Å²) in [6.07, 6.45) is 2.87. The van der Waals surface area contributed by atoms with Crippen LogP contribution < -0.4 is 5.73 Å². The second-order valence-electron chi connectivity index (χ2n) is 2.53. The largest absolute Gasteiger partial charge is 0.366 e. The van der Waals surface area contributed by atoms with Gasteiger partial charge in [-0.2, -0.15) is 0 Å². The molecule has 1 aliphatic rings. The highest BCUT2D eigenvalue weighted by molar-refractivity contribution is 5.84. The van der Waals surface area contributed by atoms with Gasteiger partial charge in [0.2, 0.25) is 11.8 Å². The summed E-state index contributed by atoms with van der Waals surface area (Å²) in [5.74, 6) is -0.190. The number of nitrogens with zero attached hydrogens (tertiary/aromatic N) is 1. The fourth-order valence-corrected chi connectivity index (χ4v) is 0.783. The summed E-state index contributed by atoms with van der Waals surface area (Å²) in [6.45, 7) is 4.04. The number of hydrogen-bond acceptors (Lipinski definition) is 2. The second-order valence-corrected chi connectivity index (χ2v) is 2.53. The van der Waals surface area contributed by atoms with Crippen molar-refractivity contribution in [1.29, 1.82) is 0 Å². The van der Waals surface area contributed by atoms with Gasteiger partial charge < -0.3 is 10.6 Å². The van der Waals surface area contributed by atoms with E-state index < -0.39 is 5.91 Å². The first-order valence-electron chi connectivity index (χ1n) is 3.73. The van der Waals surface area contributed by atoms with Crippen molar-refractivity contribution in [3.05, 3.63) is 12.7 Å².